The molecule has 63 valence electrons. The monoisotopic (exact) mass is 354 g/mol. The Morgan fingerprint density at radius 1 is 1.33 bits per heavy atom. The van der Waals surface area contributed by atoms with E-state index < -0.39 is 0 Å². The van der Waals surface area contributed by atoms with Gasteiger partial charge in [-0.1, -0.05) is 4.88 Å². The quantitative estimate of drug-likeness (QED) is 0.733. The van der Waals surface area contributed by atoms with Gasteiger partial charge in [-0.05, 0) is 11.9 Å². The molecule has 2 aromatic rings. The standard InChI is InChI=1S/C8H5N2S.Ir/c1-2-8(11-5-1)7-6-9-3-4-10-7;/h1,3-6H;/q-1;. The summed E-state index contributed by atoms with van der Waals surface area (Å²) in [6.07, 6.45) is 5.09. The third-order valence-electron chi connectivity index (χ3n) is 1.26. The van der Waals surface area contributed by atoms with Crippen molar-refractivity contribution < 1.29 is 20.1 Å². The SMILES string of the molecule is [Ir].[c-]1ccsc1-c1cnccn1. The van der Waals surface area contributed by atoms with E-state index in [2.05, 4.69) is 16.0 Å². The van der Waals surface area contributed by atoms with E-state index in [1.165, 1.54) is 0 Å². The second-order valence-electron chi connectivity index (χ2n) is 1.98. The van der Waals surface area contributed by atoms with Crippen LogP contribution in [0.4, 0.5) is 0 Å². The van der Waals surface area contributed by atoms with Crippen LogP contribution in [0.1, 0.15) is 0 Å². The van der Waals surface area contributed by atoms with E-state index in [1.54, 1.807) is 29.9 Å². The van der Waals surface area contributed by atoms with Gasteiger partial charge in [0, 0.05) is 32.5 Å². The fraction of sp³-hybridized carbons (Fsp3) is 0. The van der Waals surface area contributed by atoms with E-state index >= 15 is 0 Å². The van der Waals surface area contributed by atoms with Gasteiger partial charge in [0.15, 0.2) is 0 Å². The maximum absolute atomic E-state index is 4.14. The zero-order chi connectivity index (χ0) is 7.52. The first-order chi connectivity index (χ1) is 5.47. The Kier molecular flexibility index (Phi) is 3.53. The summed E-state index contributed by atoms with van der Waals surface area (Å²) < 4.78 is 0. The molecule has 0 spiro atoms. The van der Waals surface area contributed by atoms with Crippen molar-refractivity contribution in [2.24, 2.45) is 0 Å². The molecular weight excluding hydrogens is 348 g/mol. The van der Waals surface area contributed by atoms with Crippen LogP contribution in [-0.4, -0.2) is 9.97 Å². The minimum Gasteiger partial charge on any atom is -0.316 e. The molecule has 0 aliphatic rings. The molecule has 2 heterocycles. The Balaban J connectivity index is 0.000000720. The molecule has 0 fully saturated rings. The van der Waals surface area contributed by atoms with Crippen LogP contribution in [0.2, 0.25) is 0 Å². The number of aromatic nitrogens is 2. The molecule has 0 saturated heterocycles. The molecule has 1 radical (unpaired) electrons. The van der Waals surface area contributed by atoms with Crippen LogP contribution in [0.25, 0.3) is 10.6 Å². The van der Waals surface area contributed by atoms with Crippen LogP contribution in [0.3, 0.4) is 0 Å². The van der Waals surface area contributed by atoms with Gasteiger partial charge in [0.25, 0.3) is 0 Å². The predicted molar refractivity (Wildman–Crippen MR) is 44.2 cm³/mol. The van der Waals surface area contributed by atoms with Crippen LogP contribution in [-0.2, 0) is 20.1 Å². The predicted octanol–water partition coefficient (Wildman–Crippen LogP) is 2.00. The summed E-state index contributed by atoms with van der Waals surface area (Å²) in [5.74, 6) is 0. The Morgan fingerprint density at radius 3 is 2.83 bits per heavy atom. The summed E-state index contributed by atoms with van der Waals surface area (Å²) in [7, 11) is 0. The zero-order valence-corrected chi connectivity index (χ0v) is 9.23. The summed E-state index contributed by atoms with van der Waals surface area (Å²) in [6.45, 7) is 0. The van der Waals surface area contributed by atoms with E-state index in [9.17, 15) is 0 Å². The van der Waals surface area contributed by atoms with Crippen molar-refractivity contribution in [3.63, 3.8) is 0 Å². The van der Waals surface area contributed by atoms with Crippen molar-refractivity contribution in [1.82, 2.24) is 9.97 Å². The van der Waals surface area contributed by atoms with E-state index in [0.29, 0.717) is 0 Å². The molecular formula is C8H5IrN2S-. The fourth-order valence-corrected chi connectivity index (χ4v) is 1.43. The third kappa shape index (κ3) is 1.97. The maximum atomic E-state index is 4.14. The van der Waals surface area contributed by atoms with Gasteiger partial charge in [0.1, 0.15) is 0 Å². The molecule has 0 atom stereocenters. The van der Waals surface area contributed by atoms with Gasteiger partial charge in [-0.3, -0.25) is 4.98 Å². The maximum Gasteiger partial charge on any atom is 0.0426 e. The number of rotatable bonds is 1. The van der Waals surface area contributed by atoms with Crippen LogP contribution in [0.5, 0.6) is 0 Å². The first-order valence-electron chi connectivity index (χ1n) is 3.18. The van der Waals surface area contributed by atoms with E-state index in [0.717, 1.165) is 10.6 Å². The van der Waals surface area contributed by atoms with Crippen molar-refractivity contribution in [1.29, 1.82) is 0 Å². The van der Waals surface area contributed by atoms with Gasteiger partial charge < -0.3 is 4.98 Å². The smallest absolute Gasteiger partial charge is 0.0426 e. The third-order valence-corrected chi connectivity index (χ3v) is 2.10. The average molecular weight is 353 g/mol. The van der Waals surface area contributed by atoms with Crippen molar-refractivity contribution in [2.75, 3.05) is 0 Å². The number of nitrogens with zero attached hydrogens (tertiary/aromatic N) is 2. The second kappa shape index (κ2) is 4.45. The van der Waals surface area contributed by atoms with Crippen molar-refractivity contribution in [3.05, 3.63) is 36.1 Å². The summed E-state index contributed by atoms with van der Waals surface area (Å²) in [5, 5.41) is 1.98. The number of hydrogen-bond acceptors (Lipinski definition) is 3. The van der Waals surface area contributed by atoms with Crippen molar-refractivity contribution in [2.45, 2.75) is 0 Å². The zero-order valence-electron chi connectivity index (χ0n) is 6.02. The van der Waals surface area contributed by atoms with Gasteiger partial charge in [-0.2, -0.15) is 12.1 Å². The minimum absolute atomic E-state index is 0. The molecule has 0 aliphatic carbocycles. The normalized spacial score (nSPS) is 9.00. The van der Waals surface area contributed by atoms with E-state index in [1.807, 2.05) is 11.4 Å². The van der Waals surface area contributed by atoms with Crippen molar-refractivity contribution in [3.8, 4) is 10.6 Å². The molecule has 4 heteroatoms. The van der Waals surface area contributed by atoms with Gasteiger partial charge >= 0.3 is 0 Å². The topological polar surface area (TPSA) is 25.8 Å². The Bertz CT molecular complexity index is 320. The van der Waals surface area contributed by atoms with E-state index in [-0.39, 0.29) is 20.1 Å². The summed E-state index contributed by atoms with van der Waals surface area (Å²) >= 11 is 1.62. The Hall–Kier alpha value is -0.571. The summed E-state index contributed by atoms with van der Waals surface area (Å²) in [6, 6.07) is 4.95. The first-order valence-corrected chi connectivity index (χ1v) is 4.06. The van der Waals surface area contributed by atoms with Gasteiger partial charge in [0.05, 0.1) is 0 Å². The van der Waals surface area contributed by atoms with Crippen LogP contribution < -0.4 is 0 Å². The van der Waals surface area contributed by atoms with Gasteiger partial charge in [-0.15, -0.1) is 5.38 Å². The molecule has 0 aromatic carbocycles. The van der Waals surface area contributed by atoms with E-state index in [4.69, 9.17) is 0 Å². The van der Waals surface area contributed by atoms with Gasteiger partial charge in [-0.25, -0.2) is 11.3 Å². The molecule has 2 nitrogen and oxygen atoms in total. The molecule has 2 aromatic heterocycles. The fourth-order valence-electron chi connectivity index (χ4n) is 0.796. The average Bonchev–Trinajstić information content (AvgIpc) is 2.58. The first kappa shape index (κ1) is 9.52. The molecule has 0 aliphatic heterocycles. The molecule has 0 saturated carbocycles. The Labute approximate surface area is 88.0 Å². The van der Waals surface area contributed by atoms with Crippen molar-refractivity contribution >= 4 is 11.3 Å². The summed E-state index contributed by atoms with van der Waals surface area (Å²) in [4.78, 5) is 9.14. The number of hydrogen-bond donors (Lipinski definition) is 0. The molecule has 0 unspecified atom stereocenters. The van der Waals surface area contributed by atoms with Crippen LogP contribution >= 0.6 is 11.3 Å². The molecule has 0 bridgehead atoms. The van der Waals surface area contributed by atoms with Gasteiger partial charge in [0.2, 0.25) is 0 Å². The second-order valence-corrected chi connectivity index (χ2v) is 2.90. The Morgan fingerprint density at radius 2 is 2.25 bits per heavy atom. The largest absolute Gasteiger partial charge is 0.316 e. The minimum atomic E-state index is 0. The number of thiophene rings is 1. The molecule has 0 amide bonds. The van der Waals surface area contributed by atoms with Crippen LogP contribution in [0.15, 0.2) is 30.0 Å². The van der Waals surface area contributed by atoms with Crippen LogP contribution in [0, 0.1) is 6.07 Å². The summed E-state index contributed by atoms with van der Waals surface area (Å²) in [5.41, 5.74) is 0.891. The molecule has 12 heavy (non-hydrogen) atoms. The molecule has 0 N–H and O–H groups in total. The molecule has 2 rings (SSSR count).